The van der Waals surface area contributed by atoms with Crippen molar-refractivity contribution in [1.82, 2.24) is 19.9 Å². The largest absolute Gasteiger partial charge is 0.392 e. The molecule has 0 saturated carbocycles. The Bertz CT molecular complexity index is 467. The highest BCUT2D eigenvalue weighted by Gasteiger charge is 2.32. The fraction of sp³-hybridized carbons (Fsp3) is 0.857. The molecule has 2 aliphatic heterocycles. The van der Waals surface area contributed by atoms with E-state index in [1.165, 1.54) is 0 Å². The summed E-state index contributed by atoms with van der Waals surface area (Å²) >= 11 is 0. The molecule has 2 saturated heterocycles. The van der Waals surface area contributed by atoms with Crippen LogP contribution in [-0.2, 0) is 4.74 Å². The summed E-state index contributed by atoms with van der Waals surface area (Å²) in [5, 5.41) is 14.2. The Morgan fingerprint density at radius 3 is 2.95 bits per heavy atom. The van der Waals surface area contributed by atoms with Crippen molar-refractivity contribution in [2.45, 2.75) is 30.9 Å². The molecule has 3 atom stereocenters. The van der Waals surface area contributed by atoms with Gasteiger partial charge in [0.2, 0.25) is 5.89 Å². The van der Waals surface area contributed by atoms with E-state index in [0.717, 1.165) is 26.1 Å². The Morgan fingerprint density at radius 2 is 2.14 bits per heavy atom. The Balaban J connectivity index is 1.76. The molecule has 0 radical (unpaired) electrons. The van der Waals surface area contributed by atoms with Crippen LogP contribution in [0, 0.1) is 0 Å². The lowest BCUT2D eigenvalue weighted by atomic mass is 9.99. The molecule has 2 fully saturated rings. The third-order valence-electron chi connectivity index (χ3n) is 4.46. The lowest BCUT2D eigenvalue weighted by molar-refractivity contribution is -0.0149. The van der Waals surface area contributed by atoms with Crippen molar-refractivity contribution in [3.8, 4) is 0 Å². The number of aromatic nitrogens is 2. The maximum Gasteiger partial charge on any atom is 0.234 e. The van der Waals surface area contributed by atoms with Gasteiger partial charge in [-0.05, 0) is 40.0 Å². The summed E-state index contributed by atoms with van der Waals surface area (Å²) in [5.41, 5.74) is 0. The quantitative estimate of drug-likeness (QED) is 0.838. The second-order valence-electron chi connectivity index (χ2n) is 6.14. The minimum absolute atomic E-state index is 0.136. The lowest BCUT2D eigenvalue weighted by Crippen LogP contribution is -2.32. The van der Waals surface area contributed by atoms with Gasteiger partial charge in [0.15, 0.2) is 5.82 Å². The molecule has 3 heterocycles. The second-order valence-corrected chi connectivity index (χ2v) is 6.14. The molecule has 3 rings (SSSR count). The van der Waals surface area contributed by atoms with Crippen LogP contribution in [0.1, 0.15) is 36.5 Å². The summed E-state index contributed by atoms with van der Waals surface area (Å²) in [5.74, 6) is 1.00. The number of rotatable bonds is 2. The standard InChI is InChI=1S/C14H24N4O3/c1-17-5-3-6-18(2)11(8-17)13-15-14(21-16-13)10-9-20-7-4-12(10)19/h10-12,19H,3-9H2,1-2H3. The minimum atomic E-state index is -0.457. The van der Waals surface area contributed by atoms with Crippen molar-refractivity contribution in [1.29, 1.82) is 0 Å². The highest BCUT2D eigenvalue weighted by atomic mass is 16.5. The zero-order chi connectivity index (χ0) is 14.8. The van der Waals surface area contributed by atoms with Crippen LogP contribution in [0.25, 0.3) is 0 Å². The molecular formula is C14H24N4O3. The number of hydrogen-bond donors (Lipinski definition) is 1. The number of likely N-dealkylation sites (N-methyl/N-ethyl adjacent to an activating group) is 2. The fourth-order valence-electron chi connectivity index (χ4n) is 3.05. The number of aliphatic hydroxyl groups excluding tert-OH is 1. The van der Waals surface area contributed by atoms with Gasteiger partial charge in [0, 0.05) is 13.2 Å². The van der Waals surface area contributed by atoms with E-state index in [0.29, 0.717) is 31.3 Å². The first-order valence-electron chi connectivity index (χ1n) is 7.63. The SMILES string of the molecule is CN1CCCN(C)C(c2noc(C3COCCC3O)n2)C1. The van der Waals surface area contributed by atoms with E-state index in [4.69, 9.17) is 9.26 Å². The van der Waals surface area contributed by atoms with Crippen LogP contribution in [0.15, 0.2) is 4.52 Å². The molecular weight excluding hydrogens is 272 g/mol. The van der Waals surface area contributed by atoms with Crippen molar-refractivity contribution >= 4 is 0 Å². The first-order valence-corrected chi connectivity index (χ1v) is 7.63. The Hall–Kier alpha value is -1.02. The molecule has 0 aromatic carbocycles. The van der Waals surface area contributed by atoms with Crippen LogP contribution in [0.2, 0.25) is 0 Å². The Labute approximate surface area is 124 Å². The lowest BCUT2D eigenvalue weighted by Gasteiger charge is -2.25. The van der Waals surface area contributed by atoms with E-state index >= 15 is 0 Å². The fourth-order valence-corrected chi connectivity index (χ4v) is 3.05. The molecule has 1 N–H and O–H groups in total. The van der Waals surface area contributed by atoms with Gasteiger partial charge >= 0.3 is 0 Å². The molecule has 21 heavy (non-hydrogen) atoms. The topological polar surface area (TPSA) is 74.9 Å². The molecule has 7 nitrogen and oxygen atoms in total. The molecule has 1 aromatic rings. The summed E-state index contributed by atoms with van der Waals surface area (Å²) in [6.45, 7) is 4.03. The normalized spacial score (nSPS) is 33.0. The van der Waals surface area contributed by atoms with Gasteiger partial charge < -0.3 is 19.3 Å². The van der Waals surface area contributed by atoms with Crippen LogP contribution in [0.5, 0.6) is 0 Å². The van der Waals surface area contributed by atoms with Gasteiger partial charge in [-0.1, -0.05) is 5.16 Å². The Morgan fingerprint density at radius 1 is 1.29 bits per heavy atom. The maximum absolute atomic E-state index is 10.1. The molecule has 0 amide bonds. The van der Waals surface area contributed by atoms with Crippen molar-refractivity contribution in [3.63, 3.8) is 0 Å². The first-order chi connectivity index (χ1) is 10.1. The predicted octanol–water partition coefficient (Wildman–Crippen LogP) is 0.243. The summed E-state index contributed by atoms with van der Waals surface area (Å²) in [6, 6.07) is 0.136. The van der Waals surface area contributed by atoms with Crippen LogP contribution in [-0.4, -0.2) is 78.1 Å². The van der Waals surface area contributed by atoms with Crippen LogP contribution >= 0.6 is 0 Å². The maximum atomic E-state index is 10.1. The predicted molar refractivity (Wildman–Crippen MR) is 76.0 cm³/mol. The molecule has 0 spiro atoms. The van der Waals surface area contributed by atoms with Gasteiger partial charge in [-0.25, -0.2) is 0 Å². The zero-order valence-electron chi connectivity index (χ0n) is 12.7. The number of ether oxygens (including phenoxy) is 1. The van der Waals surface area contributed by atoms with E-state index in [1.807, 2.05) is 0 Å². The van der Waals surface area contributed by atoms with E-state index in [1.54, 1.807) is 0 Å². The number of hydrogen-bond acceptors (Lipinski definition) is 7. The highest BCUT2D eigenvalue weighted by molar-refractivity contribution is 5.03. The average Bonchev–Trinajstić information content (AvgIpc) is 2.88. The third kappa shape index (κ3) is 3.26. The summed E-state index contributed by atoms with van der Waals surface area (Å²) in [4.78, 5) is 9.11. The smallest absolute Gasteiger partial charge is 0.234 e. The molecule has 7 heteroatoms. The average molecular weight is 296 g/mol. The third-order valence-corrected chi connectivity index (χ3v) is 4.46. The van der Waals surface area contributed by atoms with E-state index in [-0.39, 0.29) is 12.0 Å². The number of nitrogens with zero attached hydrogens (tertiary/aromatic N) is 4. The van der Waals surface area contributed by atoms with Crippen LogP contribution < -0.4 is 0 Å². The van der Waals surface area contributed by atoms with Gasteiger partial charge in [-0.3, -0.25) is 4.90 Å². The van der Waals surface area contributed by atoms with Gasteiger partial charge in [-0.2, -0.15) is 4.98 Å². The van der Waals surface area contributed by atoms with Crippen molar-refractivity contribution < 1.29 is 14.4 Å². The summed E-state index contributed by atoms with van der Waals surface area (Å²) in [6.07, 6.45) is 1.30. The van der Waals surface area contributed by atoms with Crippen LogP contribution in [0.4, 0.5) is 0 Å². The van der Waals surface area contributed by atoms with E-state index in [9.17, 15) is 5.11 Å². The summed E-state index contributed by atoms with van der Waals surface area (Å²) < 4.78 is 10.8. The van der Waals surface area contributed by atoms with E-state index < -0.39 is 6.10 Å². The molecule has 3 unspecified atom stereocenters. The number of aliphatic hydroxyl groups is 1. The van der Waals surface area contributed by atoms with Crippen LogP contribution in [0.3, 0.4) is 0 Å². The molecule has 0 aliphatic carbocycles. The zero-order valence-corrected chi connectivity index (χ0v) is 12.7. The molecule has 1 aromatic heterocycles. The van der Waals surface area contributed by atoms with Gasteiger partial charge in [0.05, 0.1) is 24.7 Å². The monoisotopic (exact) mass is 296 g/mol. The van der Waals surface area contributed by atoms with Gasteiger partial charge in [0.25, 0.3) is 0 Å². The van der Waals surface area contributed by atoms with E-state index in [2.05, 4.69) is 34.0 Å². The van der Waals surface area contributed by atoms with Gasteiger partial charge in [0.1, 0.15) is 0 Å². The molecule has 118 valence electrons. The first kappa shape index (κ1) is 14.9. The van der Waals surface area contributed by atoms with Crippen molar-refractivity contribution in [2.24, 2.45) is 0 Å². The molecule has 2 aliphatic rings. The Kier molecular flexibility index (Phi) is 4.54. The summed E-state index contributed by atoms with van der Waals surface area (Å²) in [7, 11) is 4.21. The van der Waals surface area contributed by atoms with Gasteiger partial charge in [-0.15, -0.1) is 0 Å². The highest BCUT2D eigenvalue weighted by Crippen LogP contribution is 2.27. The van der Waals surface area contributed by atoms with Crippen molar-refractivity contribution in [3.05, 3.63) is 11.7 Å². The minimum Gasteiger partial charge on any atom is -0.392 e. The second kappa shape index (κ2) is 6.39. The van der Waals surface area contributed by atoms with Crippen molar-refractivity contribution in [2.75, 3.05) is 46.9 Å². The molecule has 0 bridgehead atoms.